The Morgan fingerprint density at radius 2 is 1.75 bits per heavy atom. The first-order valence-corrected chi connectivity index (χ1v) is 5.95. The van der Waals surface area contributed by atoms with E-state index in [1.54, 1.807) is 0 Å². The van der Waals surface area contributed by atoms with Crippen molar-refractivity contribution in [1.82, 2.24) is 0 Å². The Bertz CT molecular complexity index is 432. The van der Waals surface area contributed by atoms with Gasteiger partial charge in [0.2, 0.25) is 11.6 Å². The summed E-state index contributed by atoms with van der Waals surface area (Å²) in [7, 11) is 0. The third-order valence-electron chi connectivity index (χ3n) is 3.07. The standard InChI is InChI=1S/C9H6Cl4O3/c10-4-5(11)9(13)3(2-14)1-8(4,12)6(15)7(9)16/h3,14H,1-2H2. The summed E-state index contributed by atoms with van der Waals surface area (Å²) >= 11 is 23.8. The maximum absolute atomic E-state index is 11.8. The monoisotopic (exact) mass is 302 g/mol. The third kappa shape index (κ3) is 1.21. The Hall–Kier alpha value is 0.200. The van der Waals surface area contributed by atoms with Gasteiger partial charge in [-0.25, -0.2) is 0 Å². The van der Waals surface area contributed by atoms with Crippen molar-refractivity contribution >= 4 is 58.0 Å². The lowest BCUT2D eigenvalue weighted by molar-refractivity contribution is -0.143. The molecule has 1 saturated carbocycles. The van der Waals surface area contributed by atoms with Crippen LogP contribution in [0, 0.1) is 5.92 Å². The topological polar surface area (TPSA) is 54.4 Å². The molecular formula is C9H6Cl4O3. The number of carbonyl (C=O) groups excluding carboxylic acids is 2. The van der Waals surface area contributed by atoms with Crippen molar-refractivity contribution < 1.29 is 14.7 Å². The first-order chi connectivity index (χ1) is 7.30. The Morgan fingerprint density at radius 1 is 1.19 bits per heavy atom. The summed E-state index contributed by atoms with van der Waals surface area (Å²) in [4.78, 5) is 20.1. The average molecular weight is 304 g/mol. The van der Waals surface area contributed by atoms with E-state index in [9.17, 15) is 9.59 Å². The molecule has 0 aromatic rings. The third-order valence-corrected chi connectivity index (χ3v) is 5.54. The summed E-state index contributed by atoms with van der Waals surface area (Å²) in [6.45, 7) is -0.391. The van der Waals surface area contributed by atoms with Gasteiger partial charge in [0, 0.05) is 12.5 Å². The van der Waals surface area contributed by atoms with E-state index in [4.69, 9.17) is 51.5 Å². The fourth-order valence-electron chi connectivity index (χ4n) is 2.10. The van der Waals surface area contributed by atoms with E-state index in [0.29, 0.717) is 0 Å². The molecule has 0 spiro atoms. The van der Waals surface area contributed by atoms with E-state index in [-0.39, 0.29) is 16.5 Å². The van der Waals surface area contributed by atoms with Gasteiger partial charge in [-0.05, 0) is 6.42 Å². The van der Waals surface area contributed by atoms with Crippen LogP contribution in [-0.4, -0.2) is 33.0 Å². The molecule has 7 heteroatoms. The number of hydrogen-bond acceptors (Lipinski definition) is 3. The number of halogens is 4. The van der Waals surface area contributed by atoms with Crippen LogP contribution in [0.5, 0.6) is 0 Å². The van der Waals surface area contributed by atoms with Gasteiger partial charge in [0.15, 0.2) is 4.87 Å². The van der Waals surface area contributed by atoms with Crippen LogP contribution >= 0.6 is 46.4 Å². The van der Waals surface area contributed by atoms with Crippen LogP contribution < -0.4 is 0 Å². The largest absolute Gasteiger partial charge is 0.396 e. The Kier molecular flexibility index (Phi) is 2.84. The number of rotatable bonds is 1. The molecule has 0 aliphatic heterocycles. The molecule has 16 heavy (non-hydrogen) atoms. The van der Waals surface area contributed by atoms with Crippen molar-refractivity contribution in [1.29, 1.82) is 0 Å². The molecule has 0 radical (unpaired) electrons. The van der Waals surface area contributed by atoms with E-state index in [1.807, 2.05) is 0 Å². The summed E-state index contributed by atoms with van der Waals surface area (Å²) in [5, 5.41) is 8.91. The van der Waals surface area contributed by atoms with Crippen molar-refractivity contribution in [2.75, 3.05) is 6.61 Å². The van der Waals surface area contributed by atoms with E-state index < -0.39 is 33.8 Å². The molecule has 3 rings (SSSR count). The SMILES string of the molecule is O=C1C(=O)C2(Cl)C(Cl)=C(Cl)C1(Cl)CC2CO. The molecule has 88 valence electrons. The zero-order chi connectivity index (χ0) is 12.3. The fraction of sp³-hybridized carbons (Fsp3) is 0.556. The minimum absolute atomic E-state index is 0.00812. The van der Waals surface area contributed by atoms with Crippen LogP contribution in [0.25, 0.3) is 0 Å². The van der Waals surface area contributed by atoms with Crippen LogP contribution in [0.4, 0.5) is 0 Å². The highest BCUT2D eigenvalue weighted by molar-refractivity contribution is 6.70. The average Bonchev–Trinajstić information content (AvgIpc) is 2.27. The summed E-state index contributed by atoms with van der Waals surface area (Å²) in [5.41, 5.74) is 0. The molecule has 0 heterocycles. The molecule has 0 saturated heterocycles. The maximum Gasteiger partial charge on any atom is 0.227 e. The van der Waals surface area contributed by atoms with Crippen LogP contribution in [0.1, 0.15) is 6.42 Å². The molecule has 0 aromatic carbocycles. The summed E-state index contributed by atoms with van der Waals surface area (Å²) in [6, 6.07) is 0. The second-order valence-corrected chi connectivity index (χ2v) is 5.88. The molecule has 3 aliphatic rings. The van der Waals surface area contributed by atoms with Gasteiger partial charge in [-0.1, -0.05) is 23.2 Å². The van der Waals surface area contributed by atoms with Crippen LogP contribution in [-0.2, 0) is 9.59 Å². The molecule has 2 bridgehead atoms. The molecule has 0 aromatic heterocycles. The van der Waals surface area contributed by atoms with E-state index in [0.717, 1.165) is 0 Å². The summed E-state index contributed by atoms with van der Waals surface area (Å²) < 4.78 is 0. The number of Topliss-reactive ketones (excluding diaryl/α,β-unsaturated/α-hetero) is 2. The smallest absolute Gasteiger partial charge is 0.227 e. The van der Waals surface area contributed by atoms with E-state index >= 15 is 0 Å². The van der Waals surface area contributed by atoms with Gasteiger partial charge >= 0.3 is 0 Å². The lowest BCUT2D eigenvalue weighted by atomic mass is 9.66. The zero-order valence-electron chi connectivity index (χ0n) is 7.77. The van der Waals surface area contributed by atoms with Gasteiger partial charge in [0.05, 0.1) is 10.1 Å². The normalized spacial score (nSPS) is 43.2. The highest BCUT2D eigenvalue weighted by Crippen LogP contribution is 2.58. The molecule has 3 aliphatic carbocycles. The lowest BCUT2D eigenvalue weighted by Crippen LogP contribution is -2.63. The van der Waals surface area contributed by atoms with E-state index in [2.05, 4.69) is 0 Å². The molecule has 1 fully saturated rings. The van der Waals surface area contributed by atoms with Crippen molar-refractivity contribution in [2.45, 2.75) is 16.2 Å². The number of hydrogen-bond donors (Lipinski definition) is 1. The number of fused-ring (bicyclic) bond motifs is 2. The molecule has 0 amide bonds. The molecule has 3 atom stereocenters. The number of ketones is 2. The van der Waals surface area contributed by atoms with Crippen molar-refractivity contribution in [3.8, 4) is 0 Å². The van der Waals surface area contributed by atoms with Gasteiger partial charge in [0.25, 0.3) is 0 Å². The first kappa shape index (κ1) is 12.7. The van der Waals surface area contributed by atoms with Crippen molar-refractivity contribution in [3.05, 3.63) is 10.1 Å². The second-order valence-electron chi connectivity index (χ2n) is 3.88. The number of allylic oxidation sites excluding steroid dienone is 2. The minimum Gasteiger partial charge on any atom is -0.396 e. The fourth-order valence-corrected chi connectivity index (χ4v) is 3.60. The highest BCUT2D eigenvalue weighted by Gasteiger charge is 2.67. The Morgan fingerprint density at radius 3 is 2.25 bits per heavy atom. The number of alkyl halides is 2. The van der Waals surface area contributed by atoms with Gasteiger partial charge in [0.1, 0.15) is 4.87 Å². The van der Waals surface area contributed by atoms with Gasteiger partial charge in [-0.3, -0.25) is 9.59 Å². The van der Waals surface area contributed by atoms with Crippen molar-refractivity contribution in [2.24, 2.45) is 5.92 Å². The predicted octanol–water partition coefficient (Wildman–Crippen LogP) is 1.79. The minimum atomic E-state index is -1.75. The summed E-state index contributed by atoms with van der Waals surface area (Å²) in [6.07, 6.45) is 0.00812. The molecule has 3 nitrogen and oxygen atoms in total. The van der Waals surface area contributed by atoms with E-state index in [1.165, 1.54) is 0 Å². The Balaban J connectivity index is 2.72. The zero-order valence-corrected chi connectivity index (χ0v) is 10.8. The highest BCUT2D eigenvalue weighted by atomic mass is 35.5. The quantitative estimate of drug-likeness (QED) is 0.593. The van der Waals surface area contributed by atoms with Crippen LogP contribution in [0.15, 0.2) is 10.1 Å². The Labute approximate surface area is 111 Å². The molecule has 1 N–H and O–H groups in total. The maximum atomic E-state index is 11.8. The van der Waals surface area contributed by atoms with Gasteiger partial charge in [-0.15, -0.1) is 23.2 Å². The number of carbonyl (C=O) groups is 2. The summed E-state index contributed by atoms with van der Waals surface area (Å²) in [5.74, 6) is -2.46. The van der Waals surface area contributed by atoms with Crippen LogP contribution in [0.3, 0.4) is 0 Å². The first-order valence-electron chi connectivity index (χ1n) is 4.44. The number of aliphatic hydroxyl groups excluding tert-OH is 1. The second kappa shape index (κ2) is 3.59. The molecule has 3 unspecified atom stereocenters. The number of aliphatic hydroxyl groups is 1. The predicted molar refractivity (Wildman–Crippen MR) is 61.1 cm³/mol. The van der Waals surface area contributed by atoms with Gasteiger partial charge < -0.3 is 5.11 Å². The van der Waals surface area contributed by atoms with Crippen molar-refractivity contribution in [3.63, 3.8) is 0 Å². The van der Waals surface area contributed by atoms with Crippen LogP contribution in [0.2, 0.25) is 0 Å². The molecular weight excluding hydrogens is 298 g/mol. The van der Waals surface area contributed by atoms with Gasteiger partial charge in [-0.2, -0.15) is 0 Å². The lowest BCUT2D eigenvalue weighted by Gasteiger charge is -2.48.